The predicted octanol–water partition coefficient (Wildman–Crippen LogP) is 1.53. The number of nitrogens with zero attached hydrogens (tertiary/aromatic N) is 2. The van der Waals surface area contributed by atoms with Crippen LogP contribution in [-0.2, 0) is 4.74 Å². The Hall–Kier alpha value is -1.40. The van der Waals surface area contributed by atoms with E-state index < -0.39 is 5.54 Å². The van der Waals surface area contributed by atoms with E-state index in [1.165, 1.54) is 0 Å². The molecule has 6 nitrogen and oxygen atoms in total. The molecule has 0 amide bonds. The van der Waals surface area contributed by atoms with Crippen LogP contribution in [0.4, 0.5) is 5.95 Å². The smallest absolute Gasteiger partial charge is 0.226 e. The van der Waals surface area contributed by atoms with Crippen LogP contribution < -0.4 is 10.1 Å². The van der Waals surface area contributed by atoms with E-state index in [0.717, 1.165) is 25.0 Å². The molecule has 112 valence electrons. The van der Waals surface area contributed by atoms with Gasteiger partial charge in [-0.15, -0.1) is 0 Å². The third kappa shape index (κ3) is 3.80. The molecule has 2 rings (SSSR count). The molecule has 1 aromatic heterocycles. The Kier molecular flexibility index (Phi) is 5.14. The first-order chi connectivity index (χ1) is 9.67. The van der Waals surface area contributed by atoms with Crippen molar-refractivity contribution in [3.63, 3.8) is 0 Å². The van der Waals surface area contributed by atoms with Crippen molar-refractivity contribution in [1.82, 2.24) is 9.97 Å². The van der Waals surface area contributed by atoms with Crippen molar-refractivity contribution in [3.8, 4) is 5.88 Å². The lowest BCUT2D eigenvalue weighted by Gasteiger charge is -2.36. The van der Waals surface area contributed by atoms with Gasteiger partial charge in [-0.05, 0) is 26.2 Å². The summed E-state index contributed by atoms with van der Waals surface area (Å²) in [6.45, 7) is 5.90. The topological polar surface area (TPSA) is 76.5 Å². The Morgan fingerprint density at radius 2 is 2.15 bits per heavy atom. The summed E-state index contributed by atoms with van der Waals surface area (Å²) in [7, 11) is 0. The minimum absolute atomic E-state index is 0.0405. The number of aromatic nitrogens is 2. The van der Waals surface area contributed by atoms with Crippen LogP contribution >= 0.6 is 0 Å². The number of aryl methyl sites for hydroxylation is 1. The lowest BCUT2D eigenvalue weighted by molar-refractivity contribution is 0.0376. The van der Waals surface area contributed by atoms with Gasteiger partial charge >= 0.3 is 0 Å². The predicted molar refractivity (Wildman–Crippen MR) is 76.0 cm³/mol. The van der Waals surface area contributed by atoms with Gasteiger partial charge in [-0.25, -0.2) is 4.98 Å². The molecule has 0 saturated carbocycles. The summed E-state index contributed by atoms with van der Waals surface area (Å²) in [5.74, 6) is 1.08. The third-order valence-corrected chi connectivity index (χ3v) is 3.41. The highest BCUT2D eigenvalue weighted by molar-refractivity contribution is 5.34. The molecule has 0 spiro atoms. The fourth-order valence-electron chi connectivity index (χ4n) is 2.20. The minimum Gasteiger partial charge on any atom is -0.478 e. The first-order valence-electron chi connectivity index (χ1n) is 7.13. The van der Waals surface area contributed by atoms with Crippen LogP contribution in [0.3, 0.4) is 0 Å². The maximum atomic E-state index is 9.68. The molecule has 20 heavy (non-hydrogen) atoms. The fourth-order valence-corrected chi connectivity index (χ4v) is 2.20. The van der Waals surface area contributed by atoms with E-state index in [1.54, 1.807) is 0 Å². The highest BCUT2D eigenvalue weighted by atomic mass is 16.5. The van der Waals surface area contributed by atoms with Gasteiger partial charge in [-0.1, -0.05) is 6.92 Å². The number of ether oxygens (including phenoxy) is 2. The molecular weight excluding hydrogens is 258 g/mol. The molecule has 0 bridgehead atoms. The van der Waals surface area contributed by atoms with Gasteiger partial charge in [0.05, 0.1) is 18.8 Å². The molecular formula is C14H23N3O3. The minimum atomic E-state index is -0.395. The largest absolute Gasteiger partial charge is 0.478 e. The van der Waals surface area contributed by atoms with Crippen molar-refractivity contribution < 1.29 is 14.6 Å². The van der Waals surface area contributed by atoms with Crippen molar-refractivity contribution in [1.29, 1.82) is 0 Å². The van der Waals surface area contributed by atoms with Gasteiger partial charge < -0.3 is 19.9 Å². The number of rotatable bonds is 6. The zero-order chi connectivity index (χ0) is 14.4. The second kappa shape index (κ2) is 6.85. The summed E-state index contributed by atoms with van der Waals surface area (Å²) in [5.41, 5.74) is 0.447. The lowest BCUT2D eigenvalue weighted by Crippen LogP contribution is -2.47. The van der Waals surface area contributed by atoms with Crippen LogP contribution in [0.5, 0.6) is 5.88 Å². The molecule has 0 aromatic carbocycles. The number of anilines is 1. The molecule has 2 N–H and O–H groups in total. The van der Waals surface area contributed by atoms with Gasteiger partial charge in [-0.3, -0.25) is 0 Å². The molecule has 1 aliphatic heterocycles. The second-order valence-electron chi connectivity index (χ2n) is 5.20. The summed E-state index contributed by atoms with van der Waals surface area (Å²) in [4.78, 5) is 8.74. The van der Waals surface area contributed by atoms with E-state index in [9.17, 15) is 5.11 Å². The van der Waals surface area contributed by atoms with Gasteiger partial charge in [0.1, 0.15) is 0 Å². The first kappa shape index (κ1) is 15.0. The van der Waals surface area contributed by atoms with Crippen LogP contribution in [-0.4, -0.2) is 47.0 Å². The molecule has 1 fully saturated rings. The monoisotopic (exact) mass is 281 g/mol. The van der Waals surface area contributed by atoms with Crippen molar-refractivity contribution >= 4 is 5.95 Å². The average Bonchev–Trinajstić information content (AvgIpc) is 2.45. The number of hydrogen-bond acceptors (Lipinski definition) is 6. The molecule has 0 atom stereocenters. The number of aliphatic hydroxyl groups is 1. The molecule has 2 heterocycles. The molecule has 0 radical (unpaired) electrons. The molecule has 0 aliphatic carbocycles. The van der Waals surface area contributed by atoms with E-state index in [4.69, 9.17) is 9.47 Å². The Labute approximate surface area is 119 Å². The number of nitrogens with one attached hydrogen (secondary N) is 1. The molecule has 1 aliphatic rings. The summed E-state index contributed by atoms with van der Waals surface area (Å²) in [5, 5.41) is 12.9. The number of hydrogen-bond donors (Lipinski definition) is 2. The molecule has 6 heteroatoms. The van der Waals surface area contributed by atoms with Crippen molar-refractivity contribution in [2.24, 2.45) is 0 Å². The normalized spacial score (nSPS) is 17.8. The van der Waals surface area contributed by atoms with Gasteiger partial charge in [0, 0.05) is 25.0 Å². The van der Waals surface area contributed by atoms with E-state index in [1.807, 2.05) is 13.0 Å². The van der Waals surface area contributed by atoms with E-state index in [-0.39, 0.29) is 6.61 Å². The van der Waals surface area contributed by atoms with Crippen molar-refractivity contribution in [2.45, 2.75) is 38.6 Å². The second-order valence-corrected chi connectivity index (χ2v) is 5.20. The van der Waals surface area contributed by atoms with Crippen LogP contribution in [0.1, 0.15) is 31.9 Å². The zero-order valence-electron chi connectivity index (χ0n) is 12.2. The maximum absolute atomic E-state index is 9.68. The highest BCUT2D eigenvalue weighted by Crippen LogP contribution is 2.25. The van der Waals surface area contributed by atoms with Crippen molar-refractivity contribution in [2.75, 3.05) is 31.7 Å². The van der Waals surface area contributed by atoms with Crippen molar-refractivity contribution in [3.05, 3.63) is 11.8 Å². The third-order valence-electron chi connectivity index (χ3n) is 3.41. The van der Waals surface area contributed by atoms with Gasteiger partial charge in [0.2, 0.25) is 11.8 Å². The number of aliphatic hydroxyl groups excluding tert-OH is 1. The quantitative estimate of drug-likeness (QED) is 0.823. The van der Waals surface area contributed by atoms with E-state index in [0.29, 0.717) is 31.6 Å². The summed E-state index contributed by atoms with van der Waals surface area (Å²) >= 11 is 0. The standard InChI is InChI=1S/C14H23N3O3/c1-3-6-20-12-9-11(2)15-13(16-12)17-14(10-18)4-7-19-8-5-14/h9,18H,3-8,10H2,1-2H3,(H,15,16,17). The summed E-state index contributed by atoms with van der Waals surface area (Å²) < 4.78 is 10.9. The average molecular weight is 281 g/mol. The van der Waals surface area contributed by atoms with Crippen LogP contribution in [0.25, 0.3) is 0 Å². The van der Waals surface area contributed by atoms with Crippen LogP contribution in [0.2, 0.25) is 0 Å². The van der Waals surface area contributed by atoms with Crippen LogP contribution in [0, 0.1) is 6.92 Å². The van der Waals surface area contributed by atoms with E-state index in [2.05, 4.69) is 22.2 Å². The molecule has 1 aromatic rings. The Morgan fingerprint density at radius 1 is 1.40 bits per heavy atom. The summed E-state index contributed by atoms with van der Waals surface area (Å²) in [6, 6.07) is 1.82. The SMILES string of the molecule is CCCOc1cc(C)nc(NC2(CO)CCOCC2)n1. The Morgan fingerprint density at radius 3 is 2.80 bits per heavy atom. The zero-order valence-corrected chi connectivity index (χ0v) is 12.2. The Bertz CT molecular complexity index is 434. The lowest BCUT2D eigenvalue weighted by atomic mass is 9.91. The maximum Gasteiger partial charge on any atom is 0.226 e. The fraction of sp³-hybridized carbons (Fsp3) is 0.714. The van der Waals surface area contributed by atoms with E-state index >= 15 is 0 Å². The van der Waals surface area contributed by atoms with Gasteiger partial charge in [0.25, 0.3) is 0 Å². The highest BCUT2D eigenvalue weighted by Gasteiger charge is 2.32. The summed E-state index contributed by atoms with van der Waals surface area (Å²) in [6.07, 6.45) is 2.42. The first-order valence-corrected chi connectivity index (χ1v) is 7.13. The molecule has 0 unspecified atom stereocenters. The van der Waals surface area contributed by atoms with Crippen LogP contribution in [0.15, 0.2) is 6.07 Å². The molecule has 1 saturated heterocycles. The van der Waals surface area contributed by atoms with Gasteiger partial charge in [0.15, 0.2) is 0 Å². The van der Waals surface area contributed by atoms with Gasteiger partial charge in [-0.2, -0.15) is 4.98 Å². The Balaban J connectivity index is 2.12.